The first-order chi connectivity index (χ1) is 20.0. The van der Waals surface area contributed by atoms with Crippen LogP contribution in [0.2, 0.25) is 0 Å². The molecule has 0 radical (unpaired) electrons. The van der Waals surface area contributed by atoms with Crippen LogP contribution < -0.4 is 9.46 Å². The maximum Gasteiger partial charge on any atom is 0.373 e. The van der Waals surface area contributed by atoms with Crippen molar-refractivity contribution in [2.45, 2.75) is 121 Å². The smallest absolute Gasteiger partial charge is 0.373 e. The quantitative estimate of drug-likeness (QED) is 0.112. The zero-order valence-electron chi connectivity index (χ0n) is 25.3. The minimum absolute atomic E-state index is 0.0486. The van der Waals surface area contributed by atoms with Gasteiger partial charge in [0.15, 0.2) is 0 Å². The van der Waals surface area contributed by atoms with E-state index in [4.69, 9.17) is 14.6 Å². The Morgan fingerprint density at radius 1 is 0.786 bits per heavy atom. The number of anilines is 1. The maximum absolute atomic E-state index is 12.6. The van der Waals surface area contributed by atoms with Crippen molar-refractivity contribution in [3.05, 3.63) is 42.5 Å². The van der Waals surface area contributed by atoms with Crippen LogP contribution in [-0.4, -0.2) is 47.6 Å². The predicted molar refractivity (Wildman–Crippen MR) is 162 cm³/mol. The van der Waals surface area contributed by atoms with Crippen LogP contribution in [0.4, 0.5) is 5.69 Å². The zero-order valence-corrected chi connectivity index (χ0v) is 26.1. The number of carbonyl (C=O) groups is 2. The molecule has 11 heteroatoms. The second kappa shape index (κ2) is 18.4. The molecular weight excluding hydrogens is 558 g/mol. The third-order valence-electron chi connectivity index (χ3n) is 6.44. The topological polar surface area (TPSA) is 145 Å². The van der Waals surface area contributed by atoms with Crippen molar-refractivity contribution < 1.29 is 32.6 Å². The first-order valence-electron chi connectivity index (χ1n) is 15.0. The SMILES string of the molecule is CC(C)(C)OC(=O)CCCCCCCCCCCCCCCOc1ccc(S(=O)(=O)Nc2cnc(C(=O)O)nc2)cc1. The van der Waals surface area contributed by atoms with Crippen LogP contribution in [0.25, 0.3) is 0 Å². The van der Waals surface area contributed by atoms with Crippen LogP contribution in [-0.2, 0) is 19.6 Å². The highest BCUT2D eigenvalue weighted by Crippen LogP contribution is 2.20. The third kappa shape index (κ3) is 15.1. The molecule has 2 N–H and O–H groups in total. The molecule has 0 atom stereocenters. The van der Waals surface area contributed by atoms with Crippen molar-refractivity contribution in [3.63, 3.8) is 0 Å². The average Bonchev–Trinajstić information content (AvgIpc) is 2.92. The number of hydrogen-bond acceptors (Lipinski definition) is 8. The number of aromatic nitrogens is 2. The monoisotopic (exact) mass is 605 g/mol. The second-order valence-electron chi connectivity index (χ2n) is 11.5. The van der Waals surface area contributed by atoms with Crippen molar-refractivity contribution in [3.8, 4) is 5.75 Å². The summed E-state index contributed by atoms with van der Waals surface area (Å²) in [4.78, 5) is 29.8. The first kappa shape index (κ1) is 35.0. The summed E-state index contributed by atoms with van der Waals surface area (Å²) < 4.78 is 38.5. The number of sulfonamides is 1. The van der Waals surface area contributed by atoms with E-state index < -0.39 is 27.4 Å². The summed E-state index contributed by atoms with van der Waals surface area (Å²) in [5, 5.41) is 8.84. The van der Waals surface area contributed by atoms with Crippen molar-refractivity contribution >= 4 is 27.6 Å². The summed E-state index contributed by atoms with van der Waals surface area (Å²) in [6.07, 6.45) is 18.0. The van der Waals surface area contributed by atoms with Crippen LogP contribution in [0.15, 0.2) is 41.6 Å². The van der Waals surface area contributed by atoms with Gasteiger partial charge in [-0.1, -0.05) is 70.6 Å². The number of carboxylic acids is 1. The van der Waals surface area contributed by atoms with Gasteiger partial charge < -0.3 is 14.6 Å². The van der Waals surface area contributed by atoms with Gasteiger partial charge in [-0.05, 0) is 57.9 Å². The van der Waals surface area contributed by atoms with Gasteiger partial charge in [0.1, 0.15) is 11.4 Å². The Labute approximate surface area is 250 Å². The summed E-state index contributed by atoms with van der Waals surface area (Å²) in [5.41, 5.74) is -0.322. The van der Waals surface area contributed by atoms with E-state index in [0.717, 1.165) is 38.1 Å². The molecule has 1 aromatic carbocycles. The molecule has 1 heterocycles. The van der Waals surface area contributed by atoms with Gasteiger partial charge in [-0.2, -0.15) is 0 Å². The van der Waals surface area contributed by atoms with Gasteiger partial charge in [0.2, 0.25) is 5.82 Å². The Morgan fingerprint density at radius 2 is 1.26 bits per heavy atom. The number of benzene rings is 1. The van der Waals surface area contributed by atoms with Crippen molar-refractivity contribution in [2.24, 2.45) is 0 Å². The molecule has 0 saturated heterocycles. The van der Waals surface area contributed by atoms with Crippen LogP contribution in [0, 0.1) is 0 Å². The number of carboxylic acid groups (broad SMARTS) is 1. The molecule has 0 unspecified atom stereocenters. The van der Waals surface area contributed by atoms with Crippen LogP contribution in [0.5, 0.6) is 5.75 Å². The Balaban J connectivity index is 1.45. The molecule has 0 amide bonds. The summed E-state index contributed by atoms with van der Waals surface area (Å²) in [6.45, 7) is 6.28. The largest absolute Gasteiger partial charge is 0.494 e. The van der Waals surface area contributed by atoms with E-state index in [1.165, 1.54) is 69.9 Å². The minimum Gasteiger partial charge on any atom is -0.494 e. The van der Waals surface area contributed by atoms with Gasteiger partial charge in [0, 0.05) is 6.42 Å². The number of esters is 1. The van der Waals surface area contributed by atoms with Crippen molar-refractivity contribution in [1.82, 2.24) is 9.97 Å². The molecule has 0 aliphatic carbocycles. The number of hydrogen-bond donors (Lipinski definition) is 2. The number of rotatable bonds is 21. The zero-order chi connectivity index (χ0) is 30.8. The lowest BCUT2D eigenvalue weighted by molar-refractivity contribution is -0.154. The third-order valence-corrected chi connectivity index (χ3v) is 7.84. The molecule has 1 aromatic heterocycles. The first-order valence-corrected chi connectivity index (χ1v) is 16.5. The molecule has 0 spiro atoms. The van der Waals surface area contributed by atoms with Gasteiger partial charge in [-0.3, -0.25) is 9.52 Å². The molecule has 234 valence electrons. The molecule has 2 rings (SSSR count). The van der Waals surface area contributed by atoms with E-state index in [0.29, 0.717) is 18.8 Å². The summed E-state index contributed by atoms with van der Waals surface area (Å²) in [6, 6.07) is 6.14. The van der Waals surface area contributed by atoms with E-state index in [1.54, 1.807) is 12.1 Å². The molecule has 0 saturated carbocycles. The number of unbranched alkanes of at least 4 members (excludes halogenated alkanes) is 12. The Morgan fingerprint density at radius 3 is 1.74 bits per heavy atom. The van der Waals surface area contributed by atoms with E-state index in [1.807, 2.05) is 20.8 Å². The highest BCUT2D eigenvalue weighted by molar-refractivity contribution is 7.92. The minimum atomic E-state index is -3.87. The molecule has 0 fully saturated rings. The Hall–Kier alpha value is -3.21. The number of aromatic carboxylic acids is 1. The normalized spacial score (nSPS) is 11.7. The van der Waals surface area contributed by atoms with Gasteiger partial charge in [0.05, 0.1) is 29.6 Å². The fourth-order valence-electron chi connectivity index (χ4n) is 4.32. The van der Waals surface area contributed by atoms with E-state index >= 15 is 0 Å². The second-order valence-corrected chi connectivity index (χ2v) is 13.1. The number of nitrogens with zero attached hydrogens (tertiary/aromatic N) is 2. The molecule has 42 heavy (non-hydrogen) atoms. The summed E-state index contributed by atoms with van der Waals surface area (Å²) in [7, 11) is -3.87. The number of carbonyl (C=O) groups excluding carboxylic acids is 1. The van der Waals surface area contributed by atoms with Crippen molar-refractivity contribution in [1.29, 1.82) is 0 Å². The molecule has 0 aliphatic rings. The number of ether oxygens (including phenoxy) is 2. The standard InChI is InChI=1S/C31H47N3O7S/c1-31(2,3)41-28(35)17-15-13-11-9-7-5-4-6-8-10-12-14-16-22-40-26-18-20-27(21-19-26)42(38,39)34-25-23-32-29(30(36)37)33-24-25/h18-21,23-24,34H,4-17,22H2,1-3H3,(H,36,37). The van der Waals surface area contributed by atoms with E-state index in [2.05, 4.69) is 14.7 Å². The molecule has 0 bridgehead atoms. The molecule has 2 aromatic rings. The predicted octanol–water partition coefficient (Wildman–Crippen LogP) is 7.16. The lowest BCUT2D eigenvalue weighted by Crippen LogP contribution is -2.23. The molecule has 0 aliphatic heterocycles. The number of nitrogens with one attached hydrogen (secondary N) is 1. The molecule has 10 nitrogen and oxygen atoms in total. The van der Waals surface area contributed by atoms with Gasteiger partial charge >= 0.3 is 11.9 Å². The van der Waals surface area contributed by atoms with E-state index in [-0.39, 0.29) is 16.6 Å². The van der Waals surface area contributed by atoms with Gasteiger partial charge in [-0.25, -0.2) is 23.2 Å². The lowest BCUT2D eigenvalue weighted by atomic mass is 10.0. The molecular formula is C31H47N3O7S. The van der Waals surface area contributed by atoms with Crippen LogP contribution >= 0.6 is 0 Å². The Kier molecular flexibility index (Phi) is 15.3. The van der Waals surface area contributed by atoms with Gasteiger partial charge in [0.25, 0.3) is 10.0 Å². The lowest BCUT2D eigenvalue weighted by Gasteiger charge is -2.19. The highest BCUT2D eigenvalue weighted by Gasteiger charge is 2.16. The van der Waals surface area contributed by atoms with Crippen molar-refractivity contribution in [2.75, 3.05) is 11.3 Å². The summed E-state index contributed by atoms with van der Waals surface area (Å²) in [5.74, 6) is -1.19. The highest BCUT2D eigenvalue weighted by atomic mass is 32.2. The average molecular weight is 606 g/mol. The van der Waals surface area contributed by atoms with Crippen LogP contribution in [0.3, 0.4) is 0 Å². The van der Waals surface area contributed by atoms with Gasteiger partial charge in [-0.15, -0.1) is 0 Å². The fraction of sp³-hybridized carbons (Fsp3) is 0.613. The summed E-state index contributed by atoms with van der Waals surface area (Å²) >= 11 is 0. The Bertz CT molecular complexity index is 1180. The maximum atomic E-state index is 12.6. The van der Waals surface area contributed by atoms with Crippen LogP contribution in [0.1, 0.15) is 121 Å². The van der Waals surface area contributed by atoms with E-state index in [9.17, 15) is 18.0 Å². The fourth-order valence-corrected chi connectivity index (χ4v) is 5.35.